The maximum absolute atomic E-state index is 4.10. The predicted molar refractivity (Wildman–Crippen MR) is 86.5 cm³/mol. The SMILES string of the molecule is CCCN(c1ccncc1)n1ccc2ccccc21.Cl. The van der Waals surface area contributed by atoms with Gasteiger partial charge in [-0.25, -0.2) is 0 Å². The smallest absolute Gasteiger partial charge is 0.0698 e. The normalized spacial score (nSPS) is 10.2. The van der Waals surface area contributed by atoms with Gasteiger partial charge in [-0.1, -0.05) is 25.1 Å². The minimum Gasteiger partial charge on any atom is -0.281 e. The summed E-state index contributed by atoms with van der Waals surface area (Å²) >= 11 is 0. The molecule has 0 saturated carbocycles. The molecule has 4 heteroatoms. The van der Waals surface area contributed by atoms with Crippen molar-refractivity contribution in [2.24, 2.45) is 0 Å². The second-order valence-corrected chi connectivity index (χ2v) is 4.55. The van der Waals surface area contributed by atoms with Crippen molar-refractivity contribution in [3.63, 3.8) is 0 Å². The summed E-state index contributed by atoms with van der Waals surface area (Å²) < 4.78 is 2.22. The summed E-state index contributed by atoms with van der Waals surface area (Å²) in [6.45, 7) is 3.17. The van der Waals surface area contributed by atoms with Crippen molar-refractivity contribution in [1.29, 1.82) is 0 Å². The molecule has 0 aliphatic heterocycles. The number of rotatable bonds is 4. The highest BCUT2D eigenvalue weighted by Crippen LogP contribution is 2.21. The molecule has 1 aromatic carbocycles. The highest BCUT2D eigenvalue weighted by Gasteiger charge is 2.09. The van der Waals surface area contributed by atoms with Gasteiger partial charge in [0.15, 0.2) is 0 Å². The lowest BCUT2D eigenvalue weighted by molar-refractivity contribution is 0.696. The van der Waals surface area contributed by atoms with Gasteiger partial charge in [-0.15, -0.1) is 12.4 Å². The van der Waals surface area contributed by atoms with E-state index < -0.39 is 0 Å². The van der Waals surface area contributed by atoms with Crippen molar-refractivity contribution in [1.82, 2.24) is 9.66 Å². The van der Waals surface area contributed by atoms with Gasteiger partial charge in [0, 0.05) is 30.5 Å². The summed E-state index contributed by atoms with van der Waals surface area (Å²) in [6, 6.07) is 14.7. The number of benzene rings is 1. The maximum Gasteiger partial charge on any atom is 0.0698 e. The molecule has 0 atom stereocenters. The van der Waals surface area contributed by atoms with Crippen LogP contribution in [0.15, 0.2) is 61.1 Å². The minimum absolute atomic E-state index is 0. The topological polar surface area (TPSA) is 21.1 Å². The molecule has 3 aromatic rings. The van der Waals surface area contributed by atoms with Crippen LogP contribution in [0.4, 0.5) is 5.69 Å². The number of para-hydroxylation sites is 1. The quantitative estimate of drug-likeness (QED) is 0.719. The molecule has 0 fully saturated rings. The molecule has 0 unspecified atom stereocenters. The van der Waals surface area contributed by atoms with E-state index in [4.69, 9.17) is 0 Å². The Balaban J connectivity index is 0.00000147. The molecule has 104 valence electrons. The first-order valence-electron chi connectivity index (χ1n) is 6.64. The van der Waals surface area contributed by atoms with E-state index >= 15 is 0 Å². The summed E-state index contributed by atoms with van der Waals surface area (Å²) in [4.78, 5) is 4.10. The number of aromatic nitrogens is 2. The second kappa shape index (κ2) is 6.44. The molecule has 3 rings (SSSR count). The summed E-state index contributed by atoms with van der Waals surface area (Å²) in [5.41, 5.74) is 2.39. The lowest BCUT2D eigenvalue weighted by atomic mass is 10.2. The third-order valence-corrected chi connectivity index (χ3v) is 3.24. The minimum atomic E-state index is 0. The zero-order valence-corrected chi connectivity index (χ0v) is 12.3. The fourth-order valence-corrected chi connectivity index (χ4v) is 2.37. The molecule has 2 heterocycles. The average molecular weight is 288 g/mol. The Hall–Kier alpha value is -2.00. The van der Waals surface area contributed by atoms with E-state index in [1.807, 2.05) is 24.5 Å². The second-order valence-electron chi connectivity index (χ2n) is 4.55. The summed E-state index contributed by atoms with van der Waals surface area (Å²) in [7, 11) is 0. The monoisotopic (exact) mass is 287 g/mol. The van der Waals surface area contributed by atoms with Gasteiger partial charge in [0.25, 0.3) is 0 Å². The van der Waals surface area contributed by atoms with Crippen molar-refractivity contribution in [3.05, 3.63) is 61.1 Å². The number of fused-ring (bicyclic) bond motifs is 1. The van der Waals surface area contributed by atoms with Crippen LogP contribution in [0.3, 0.4) is 0 Å². The molecule has 0 saturated heterocycles. The predicted octanol–water partition coefficient (Wildman–Crippen LogP) is 4.14. The Bertz CT molecular complexity index is 664. The molecule has 3 nitrogen and oxygen atoms in total. The van der Waals surface area contributed by atoms with Gasteiger partial charge in [-0.3, -0.25) is 14.7 Å². The number of pyridine rings is 1. The van der Waals surface area contributed by atoms with E-state index in [0.29, 0.717) is 0 Å². The number of anilines is 1. The van der Waals surface area contributed by atoms with E-state index in [2.05, 4.69) is 58.1 Å². The fraction of sp³-hybridized carbons (Fsp3) is 0.188. The van der Waals surface area contributed by atoms with Crippen molar-refractivity contribution < 1.29 is 0 Å². The van der Waals surface area contributed by atoms with Crippen LogP contribution in [-0.2, 0) is 0 Å². The third-order valence-electron chi connectivity index (χ3n) is 3.24. The van der Waals surface area contributed by atoms with Crippen molar-refractivity contribution in [2.45, 2.75) is 13.3 Å². The van der Waals surface area contributed by atoms with Gasteiger partial charge in [-0.2, -0.15) is 0 Å². The van der Waals surface area contributed by atoms with Crippen molar-refractivity contribution >= 4 is 29.0 Å². The number of hydrogen-bond acceptors (Lipinski definition) is 2. The van der Waals surface area contributed by atoms with Crippen LogP contribution in [0.2, 0.25) is 0 Å². The summed E-state index contributed by atoms with van der Waals surface area (Å²) in [5, 5.41) is 3.54. The summed E-state index contributed by atoms with van der Waals surface area (Å²) in [5.74, 6) is 0. The molecule has 0 amide bonds. The van der Waals surface area contributed by atoms with E-state index in [1.54, 1.807) is 0 Å². The Kier molecular flexibility index (Phi) is 4.64. The Morgan fingerprint density at radius 1 is 1.05 bits per heavy atom. The van der Waals surface area contributed by atoms with Crippen molar-refractivity contribution in [2.75, 3.05) is 11.6 Å². The zero-order chi connectivity index (χ0) is 13.1. The van der Waals surface area contributed by atoms with Crippen molar-refractivity contribution in [3.8, 4) is 0 Å². The number of nitrogens with zero attached hydrogens (tertiary/aromatic N) is 3. The first-order chi connectivity index (χ1) is 9.40. The first-order valence-corrected chi connectivity index (χ1v) is 6.64. The van der Waals surface area contributed by atoms with Crippen LogP contribution < -0.4 is 5.01 Å². The third kappa shape index (κ3) is 2.63. The lowest BCUT2D eigenvalue weighted by Crippen LogP contribution is -2.29. The van der Waals surface area contributed by atoms with Crippen LogP contribution in [0, 0.1) is 0 Å². The maximum atomic E-state index is 4.10. The van der Waals surface area contributed by atoms with Crippen LogP contribution in [0.25, 0.3) is 10.9 Å². The molecular weight excluding hydrogens is 270 g/mol. The van der Waals surface area contributed by atoms with Gasteiger partial charge in [0.2, 0.25) is 0 Å². The van der Waals surface area contributed by atoms with E-state index in [1.165, 1.54) is 16.6 Å². The molecular formula is C16H18ClN3. The molecule has 20 heavy (non-hydrogen) atoms. The standard InChI is InChI=1S/C16H17N3.ClH/c1-2-12-18(15-7-10-17-11-8-15)19-13-9-14-5-3-4-6-16(14)19;/h3-11,13H,2,12H2,1H3;1H. The average Bonchev–Trinajstić information content (AvgIpc) is 2.89. The molecule has 2 aromatic heterocycles. The van der Waals surface area contributed by atoms with E-state index in [-0.39, 0.29) is 12.4 Å². The highest BCUT2D eigenvalue weighted by atomic mass is 35.5. The molecule has 0 aliphatic rings. The van der Waals surface area contributed by atoms with Gasteiger partial charge in [-0.05, 0) is 30.7 Å². The molecule has 0 bridgehead atoms. The van der Waals surface area contributed by atoms with Gasteiger partial charge < -0.3 is 0 Å². The van der Waals surface area contributed by atoms with E-state index in [9.17, 15) is 0 Å². The number of hydrogen-bond donors (Lipinski definition) is 0. The lowest BCUT2D eigenvalue weighted by Gasteiger charge is -2.26. The van der Waals surface area contributed by atoms with Crippen LogP contribution in [0.5, 0.6) is 0 Å². The largest absolute Gasteiger partial charge is 0.281 e. The Morgan fingerprint density at radius 3 is 2.55 bits per heavy atom. The zero-order valence-electron chi connectivity index (χ0n) is 11.4. The van der Waals surface area contributed by atoms with Gasteiger partial charge in [0.1, 0.15) is 0 Å². The molecule has 0 aliphatic carbocycles. The molecule has 0 spiro atoms. The molecule has 0 N–H and O–H groups in total. The Labute approximate surface area is 125 Å². The Morgan fingerprint density at radius 2 is 1.80 bits per heavy atom. The van der Waals surface area contributed by atoms with Crippen LogP contribution in [-0.4, -0.2) is 16.2 Å². The highest BCUT2D eigenvalue weighted by molar-refractivity contribution is 5.85. The van der Waals surface area contributed by atoms with Gasteiger partial charge >= 0.3 is 0 Å². The van der Waals surface area contributed by atoms with Crippen LogP contribution in [0.1, 0.15) is 13.3 Å². The first kappa shape index (κ1) is 14.4. The van der Waals surface area contributed by atoms with E-state index in [0.717, 1.165) is 13.0 Å². The number of halogens is 1. The van der Waals surface area contributed by atoms with Gasteiger partial charge in [0.05, 0.1) is 11.2 Å². The fourth-order valence-electron chi connectivity index (χ4n) is 2.37. The van der Waals surface area contributed by atoms with Crippen LogP contribution >= 0.6 is 12.4 Å². The molecule has 0 radical (unpaired) electrons. The summed E-state index contributed by atoms with van der Waals surface area (Å²) in [6.07, 6.45) is 6.89.